The topological polar surface area (TPSA) is 45.0 Å². The van der Waals surface area contributed by atoms with Crippen molar-refractivity contribution >= 4 is 39.8 Å². The lowest BCUT2D eigenvalue weighted by atomic mass is 10.1. The fraction of sp³-hybridized carbons (Fsp3) is 0.174. The van der Waals surface area contributed by atoms with E-state index in [9.17, 15) is 9.18 Å². The van der Waals surface area contributed by atoms with Gasteiger partial charge in [0.2, 0.25) is 5.91 Å². The SMILES string of the molecule is CCC1S/C(=N/N=C/c2cccc3ccccc23)N(Cc2ccc(F)cc2)C1=O. The van der Waals surface area contributed by atoms with Gasteiger partial charge in [-0.15, -0.1) is 5.10 Å². The molecule has 1 aliphatic heterocycles. The molecule has 1 heterocycles. The van der Waals surface area contributed by atoms with Gasteiger partial charge in [-0.1, -0.05) is 73.3 Å². The standard InChI is InChI=1S/C23H20FN3OS/c1-2-21-22(28)27(15-16-10-12-19(24)13-11-16)23(29-21)26-25-14-18-8-5-7-17-6-3-4-9-20(17)18/h3-14,21H,2,15H2,1H3/b25-14+,26-23+. The van der Waals surface area contributed by atoms with E-state index >= 15 is 0 Å². The molecule has 1 atom stereocenters. The number of fused-ring (bicyclic) bond motifs is 1. The first-order valence-electron chi connectivity index (χ1n) is 9.47. The number of rotatable bonds is 5. The molecule has 0 aromatic heterocycles. The molecule has 0 spiro atoms. The highest BCUT2D eigenvalue weighted by Crippen LogP contribution is 2.31. The molecule has 1 amide bonds. The Hall–Kier alpha value is -2.99. The molecule has 3 aromatic carbocycles. The van der Waals surface area contributed by atoms with Gasteiger partial charge < -0.3 is 0 Å². The Bertz CT molecular complexity index is 1090. The Morgan fingerprint density at radius 2 is 1.83 bits per heavy atom. The van der Waals surface area contributed by atoms with Crippen molar-refractivity contribution in [3.05, 3.63) is 83.7 Å². The van der Waals surface area contributed by atoms with E-state index in [2.05, 4.69) is 22.3 Å². The molecule has 0 bridgehead atoms. The number of carbonyl (C=O) groups is 1. The van der Waals surface area contributed by atoms with Gasteiger partial charge in [0, 0.05) is 5.56 Å². The molecule has 1 fully saturated rings. The van der Waals surface area contributed by atoms with E-state index in [1.807, 2.05) is 37.3 Å². The molecule has 0 N–H and O–H groups in total. The second kappa shape index (κ2) is 8.57. The highest BCUT2D eigenvalue weighted by atomic mass is 32.2. The maximum atomic E-state index is 13.2. The molecule has 3 aromatic rings. The van der Waals surface area contributed by atoms with Crippen molar-refractivity contribution in [1.29, 1.82) is 0 Å². The molecule has 0 radical (unpaired) electrons. The minimum absolute atomic E-state index is 0.0148. The Labute approximate surface area is 173 Å². The minimum atomic E-state index is -0.295. The van der Waals surface area contributed by atoms with Crippen molar-refractivity contribution in [1.82, 2.24) is 4.90 Å². The fourth-order valence-corrected chi connectivity index (χ4v) is 4.29. The summed E-state index contributed by atoms with van der Waals surface area (Å²) in [7, 11) is 0. The van der Waals surface area contributed by atoms with Crippen molar-refractivity contribution in [3.8, 4) is 0 Å². The van der Waals surface area contributed by atoms with Crippen LogP contribution in [0.5, 0.6) is 0 Å². The molecule has 4 rings (SSSR count). The maximum absolute atomic E-state index is 13.2. The number of hydrogen-bond acceptors (Lipinski definition) is 4. The van der Waals surface area contributed by atoms with E-state index in [0.29, 0.717) is 11.7 Å². The molecule has 4 nitrogen and oxygen atoms in total. The van der Waals surface area contributed by atoms with Crippen LogP contribution in [0.25, 0.3) is 10.8 Å². The van der Waals surface area contributed by atoms with E-state index in [1.54, 1.807) is 23.2 Å². The van der Waals surface area contributed by atoms with Gasteiger partial charge in [-0.3, -0.25) is 9.69 Å². The van der Waals surface area contributed by atoms with Crippen LogP contribution in [-0.2, 0) is 11.3 Å². The minimum Gasteiger partial charge on any atom is -0.284 e. The normalized spacial score (nSPS) is 18.4. The van der Waals surface area contributed by atoms with Crippen molar-refractivity contribution in [3.63, 3.8) is 0 Å². The quantitative estimate of drug-likeness (QED) is 0.431. The third-order valence-electron chi connectivity index (χ3n) is 4.81. The zero-order valence-corrected chi connectivity index (χ0v) is 16.8. The molecule has 0 saturated carbocycles. The fourth-order valence-electron chi connectivity index (χ4n) is 3.27. The number of hydrogen-bond donors (Lipinski definition) is 0. The number of carbonyl (C=O) groups excluding carboxylic acids is 1. The summed E-state index contributed by atoms with van der Waals surface area (Å²) in [5.74, 6) is -0.281. The second-order valence-electron chi connectivity index (χ2n) is 6.76. The lowest BCUT2D eigenvalue weighted by Crippen LogP contribution is -2.31. The molecule has 146 valence electrons. The molecule has 29 heavy (non-hydrogen) atoms. The van der Waals surface area contributed by atoms with Crippen LogP contribution in [0.4, 0.5) is 4.39 Å². The van der Waals surface area contributed by atoms with Crippen molar-refractivity contribution in [2.45, 2.75) is 25.1 Å². The van der Waals surface area contributed by atoms with E-state index in [1.165, 1.54) is 23.9 Å². The van der Waals surface area contributed by atoms with Crippen molar-refractivity contribution < 1.29 is 9.18 Å². The molecular weight excluding hydrogens is 385 g/mol. The lowest BCUT2D eigenvalue weighted by molar-refractivity contribution is -0.126. The summed E-state index contributed by atoms with van der Waals surface area (Å²) in [4.78, 5) is 14.4. The van der Waals surface area contributed by atoms with Gasteiger partial charge in [-0.05, 0) is 34.9 Å². The van der Waals surface area contributed by atoms with E-state index in [4.69, 9.17) is 0 Å². The Morgan fingerprint density at radius 3 is 2.62 bits per heavy atom. The number of benzene rings is 3. The summed E-state index contributed by atoms with van der Waals surface area (Å²) >= 11 is 1.43. The van der Waals surface area contributed by atoms with Crippen molar-refractivity contribution in [2.24, 2.45) is 10.2 Å². The van der Waals surface area contributed by atoms with Crippen LogP contribution in [0.2, 0.25) is 0 Å². The largest absolute Gasteiger partial charge is 0.284 e. The highest BCUT2D eigenvalue weighted by Gasteiger charge is 2.36. The Kier molecular flexibility index (Phi) is 5.71. The summed E-state index contributed by atoms with van der Waals surface area (Å²) in [5, 5.41) is 11.3. The number of thioether (sulfide) groups is 1. The molecule has 0 aliphatic carbocycles. The van der Waals surface area contributed by atoms with Crippen LogP contribution in [0.1, 0.15) is 24.5 Å². The summed E-state index contributed by atoms with van der Waals surface area (Å²) in [6.07, 6.45) is 2.44. The van der Waals surface area contributed by atoms with Crippen LogP contribution in [0.15, 0.2) is 76.9 Å². The predicted octanol–water partition coefficient (Wildman–Crippen LogP) is 5.22. The van der Waals surface area contributed by atoms with E-state index in [0.717, 1.165) is 28.3 Å². The van der Waals surface area contributed by atoms with Crippen LogP contribution in [-0.4, -0.2) is 27.4 Å². The first-order valence-corrected chi connectivity index (χ1v) is 10.3. The molecule has 6 heteroatoms. The zero-order chi connectivity index (χ0) is 20.2. The molecule has 1 aliphatic rings. The van der Waals surface area contributed by atoms with Crippen LogP contribution < -0.4 is 0 Å². The van der Waals surface area contributed by atoms with Crippen LogP contribution in [0.3, 0.4) is 0 Å². The predicted molar refractivity (Wildman–Crippen MR) is 118 cm³/mol. The average Bonchev–Trinajstić information content (AvgIpc) is 3.04. The van der Waals surface area contributed by atoms with Gasteiger partial charge in [-0.2, -0.15) is 5.10 Å². The maximum Gasteiger partial charge on any atom is 0.242 e. The number of nitrogens with zero attached hydrogens (tertiary/aromatic N) is 3. The number of halogens is 1. The third-order valence-corrected chi connectivity index (χ3v) is 6.14. The van der Waals surface area contributed by atoms with Gasteiger partial charge in [-0.25, -0.2) is 4.39 Å². The van der Waals surface area contributed by atoms with Gasteiger partial charge in [0.05, 0.1) is 18.0 Å². The first kappa shape index (κ1) is 19.3. The van der Waals surface area contributed by atoms with E-state index in [-0.39, 0.29) is 17.0 Å². The molecule has 1 unspecified atom stereocenters. The summed E-state index contributed by atoms with van der Waals surface area (Å²) < 4.78 is 13.2. The summed E-state index contributed by atoms with van der Waals surface area (Å²) in [6, 6.07) is 20.3. The first-order chi connectivity index (χ1) is 14.2. The van der Waals surface area contributed by atoms with Gasteiger partial charge in [0.1, 0.15) is 5.82 Å². The van der Waals surface area contributed by atoms with Crippen molar-refractivity contribution in [2.75, 3.05) is 0 Å². The second-order valence-corrected chi connectivity index (χ2v) is 7.93. The van der Waals surface area contributed by atoms with Gasteiger partial charge in [0.15, 0.2) is 5.17 Å². The summed E-state index contributed by atoms with van der Waals surface area (Å²) in [5.41, 5.74) is 1.82. The monoisotopic (exact) mass is 405 g/mol. The Morgan fingerprint density at radius 1 is 1.07 bits per heavy atom. The Balaban J connectivity index is 1.60. The smallest absolute Gasteiger partial charge is 0.242 e. The van der Waals surface area contributed by atoms with Gasteiger partial charge >= 0.3 is 0 Å². The molecular formula is C23H20FN3OS. The third kappa shape index (κ3) is 4.22. The number of amides is 1. The average molecular weight is 405 g/mol. The highest BCUT2D eigenvalue weighted by molar-refractivity contribution is 8.15. The van der Waals surface area contributed by atoms with Crippen LogP contribution in [0, 0.1) is 5.82 Å². The number of amidine groups is 1. The van der Waals surface area contributed by atoms with E-state index < -0.39 is 0 Å². The molecule has 1 saturated heterocycles. The van der Waals surface area contributed by atoms with Gasteiger partial charge in [0.25, 0.3) is 0 Å². The summed E-state index contributed by atoms with van der Waals surface area (Å²) in [6.45, 7) is 2.33. The lowest BCUT2D eigenvalue weighted by Gasteiger charge is -2.15. The zero-order valence-electron chi connectivity index (χ0n) is 16.0. The van der Waals surface area contributed by atoms with Crippen LogP contribution >= 0.6 is 11.8 Å².